The summed E-state index contributed by atoms with van der Waals surface area (Å²) in [6.07, 6.45) is 0.965. The molecule has 0 radical (unpaired) electrons. The molecule has 0 spiro atoms. The zero-order valence-corrected chi connectivity index (χ0v) is 16.0. The summed E-state index contributed by atoms with van der Waals surface area (Å²) in [4.78, 5) is 30.0. The molecule has 1 aromatic rings. The van der Waals surface area contributed by atoms with Crippen molar-refractivity contribution < 1.29 is 14.3 Å². The molecule has 0 aliphatic carbocycles. The molecule has 1 aliphatic rings. The monoisotopic (exact) mass is 362 g/mol. The highest BCUT2D eigenvalue weighted by atomic mass is 16.5. The van der Waals surface area contributed by atoms with Crippen molar-refractivity contribution in [1.29, 1.82) is 0 Å². The van der Waals surface area contributed by atoms with E-state index < -0.39 is 0 Å². The average Bonchev–Trinajstić information content (AvgIpc) is 2.85. The number of hydrogen-bond donors (Lipinski definition) is 1. The normalized spacial score (nSPS) is 16.0. The number of hydrogen-bond acceptors (Lipinski definition) is 5. The van der Waals surface area contributed by atoms with E-state index in [1.54, 1.807) is 26.1 Å². The van der Waals surface area contributed by atoms with E-state index in [9.17, 15) is 9.59 Å². The van der Waals surface area contributed by atoms with Gasteiger partial charge >= 0.3 is 0 Å². The third-order valence-electron chi connectivity index (χ3n) is 4.55. The molecule has 0 saturated carbocycles. The molecule has 2 rings (SSSR count). The maximum Gasteiger partial charge on any atom is 0.236 e. The van der Waals surface area contributed by atoms with Gasteiger partial charge < -0.3 is 15.0 Å². The van der Waals surface area contributed by atoms with E-state index in [1.165, 1.54) is 0 Å². The van der Waals surface area contributed by atoms with Gasteiger partial charge in [0, 0.05) is 33.7 Å². The number of amides is 2. The third-order valence-corrected chi connectivity index (χ3v) is 4.55. The maximum absolute atomic E-state index is 12.2. The summed E-state index contributed by atoms with van der Waals surface area (Å²) in [5.41, 5.74) is 1.04. The van der Waals surface area contributed by atoms with Gasteiger partial charge in [-0.1, -0.05) is 12.1 Å². The van der Waals surface area contributed by atoms with E-state index in [4.69, 9.17) is 4.74 Å². The Morgan fingerprint density at radius 3 is 2.23 bits per heavy atom. The van der Waals surface area contributed by atoms with Gasteiger partial charge in [0.15, 0.2) is 0 Å². The highest BCUT2D eigenvalue weighted by Crippen LogP contribution is 2.11. The van der Waals surface area contributed by atoms with Gasteiger partial charge in [0.25, 0.3) is 0 Å². The Hall–Kier alpha value is -2.12. The van der Waals surface area contributed by atoms with Crippen LogP contribution in [0, 0.1) is 0 Å². The predicted octanol–water partition coefficient (Wildman–Crippen LogP) is 0.407. The van der Waals surface area contributed by atoms with Crippen molar-refractivity contribution in [2.45, 2.75) is 13.0 Å². The first-order chi connectivity index (χ1) is 12.5. The summed E-state index contributed by atoms with van der Waals surface area (Å²) >= 11 is 0. The van der Waals surface area contributed by atoms with Gasteiger partial charge in [-0.25, -0.2) is 0 Å². The Morgan fingerprint density at radius 2 is 1.65 bits per heavy atom. The van der Waals surface area contributed by atoms with Gasteiger partial charge in [0.05, 0.1) is 20.2 Å². The molecule has 0 atom stereocenters. The molecular formula is C19H30N4O3. The lowest BCUT2D eigenvalue weighted by molar-refractivity contribution is -0.130. The van der Waals surface area contributed by atoms with Crippen LogP contribution in [0.2, 0.25) is 0 Å². The number of methoxy groups -OCH3 is 1. The summed E-state index contributed by atoms with van der Waals surface area (Å²) in [5, 5.41) is 2.97. The summed E-state index contributed by atoms with van der Waals surface area (Å²) in [5.74, 6) is 0.955. The number of benzene rings is 1. The van der Waals surface area contributed by atoms with Crippen molar-refractivity contribution in [2.75, 3.05) is 60.5 Å². The minimum absolute atomic E-state index is 0.0265. The van der Waals surface area contributed by atoms with Gasteiger partial charge in [-0.2, -0.15) is 0 Å². The molecule has 1 fully saturated rings. The van der Waals surface area contributed by atoms with Crippen LogP contribution < -0.4 is 10.1 Å². The predicted molar refractivity (Wildman–Crippen MR) is 101 cm³/mol. The number of carbonyl (C=O) groups is 2. The molecule has 144 valence electrons. The van der Waals surface area contributed by atoms with Gasteiger partial charge in [-0.05, 0) is 37.2 Å². The zero-order valence-electron chi connectivity index (χ0n) is 16.0. The first-order valence-corrected chi connectivity index (χ1v) is 9.02. The lowest BCUT2D eigenvalue weighted by Gasteiger charge is -2.22. The molecule has 1 aromatic carbocycles. The van der Waals surface area contributed by atoms with Crippen LogP contribution in [0.1, 0.15) is 12.0 Å². The molecule has 0 unspecified atom stereocenters. The van der Waals surface area contributed by atoms with E-state index in [0.717, 1.165) is 43.9 Å². The standard InChI is InChI=1S/C19H30N4O3/c1-21(2)19(25)15-23-10-4-9-22(11-12-23)14-18(24)20-13-16-5-7-17(26-3)8-6-16/h5-8H,4,9-15H2,1-3H3,(H,20,24). The van der Waals surface area contributed by atoms with Crippen LogP contribution >= 0.6 is 0 Å². The highest BCUT2D eigenvalue weighted by molar-refractivity contribution is 5.78. The van der Waals surface area contributed by atoms with Crippen LogP contribution in [-0.4, -0.2) is 87.0 Å². The molecule has 1 heterocycles. The number of nitrogens with one attached hydrogen (secondary N) is 1. The van der Waals surface area contributed by atoms with Crippen LogP contribution in [0.15, 0.2) is 24.3 Å². The minimum Gasteiger partial charge on any atom is -0.497 e. The molecule has 7 nitrogen and oxygen atoms in total. The molecule has 1 N–H and O–H groups in total. The highest BCUT2D eigenvalue weighted by Gasteiger charge is 2.19. The number of nitrogens with zero attached hydrogens (tertiary/aromatic N) is 3. The largest absolute Gasteiger partial charge is 0.497 e. The summed E-state index contributed by atoms with van der Waals surface area (Å²) in [7, 11) is 5.19. The summed E-state index contributed by atoms with van der Waals surface area (Å²) in [6, 6.07) is 7.68. The van der Waals surface area contributed by atoms with Crippen LogP contribution in [0.5, 0.6) is 5.75 Å². The number of carbonyl (C=O) groups excluding carboxylic acids is 2. The van der Waals surface area contributed by atoms with E-state index in [1.807, 2.05) is 24.3 Å². The maximum atomic E-state index is 12.2. The molecule has 26 heavy (non-hydrogen) atoms. The fraction of sp³-hybridized carbons (Fsp3) is 0.579. The van der Waals surface area contributed by atoms with E-state index in [0.29, 0.717) is 19.6 Å². The second kappa shape index (κ2) is 10.1. The minimum atomic E-state index is 0.0265. The Bertz CT molecular complexity index is 589. The Morgan fingerprint density at radius 1 is 1.04 bits per heavy atom. The first-order valence-electron chi connectivity index (χ1n) is 9.02. The number of likely N-dealkylation sites (N-methyl/N-ethyl adjacent to an activating group) is 1. The van der Waals surface area contributed by atoms with Crippen molar-refractivity contribution in [1.82, 2.24) is 20.0 Å². The lowest BCUT2D eigenvalue weighted by atomic mass is 10.2. The van der Waals surface area contributed by atoms with Crippen molar-refractivity contribution in [3.63, 3.8) is 0 Å². The third kappa shape index (κ3) is 6.65. The molecule has 0 bridgehead atoms. The summed E-state index contributed by atoms with van der Waals surface area (Å²) in [6.45, 7) is 4.74. The second-order valence-electron chi connectivity index (χ2n) is 6.82. The Labute approximate surface area is 155 Å². The smallest absolute Gasteiger partial charge is 0.236 e. The molecule has 0 aromatic heterocycles. The van der Waals surface area contributed by atoms with Gasteiger partial charge in [-0.15, -0.1) is 0 Å². The quantitative estimate of drug-likeness (QED) is 0.761. The molecule has 1 aliphatic heterocycles. The van der Waals surface area contributed by atoms with Crippen LogP contribution in [0.3, 0.4) is 0 Å². The van der Waals surface area contributed by atoms with Crippen molar-refractivity contribution >= 4 is 11.8 Å². The van der Waals surface area contributed by atoms with Crippen LogP contribution in [0.4, 0.5) is 0 Å². The lowest BCUT2D eigenvalue weighted by Crippen LogP contribution is -2.40. The van der Waals surface area contributed by atoms with E-state index >= 15 is 0 Å². The summed E-state index contributed by atoms with van der Waals surface area (Å²) < 4.78 is 5.13. The van der Waals surface area contributed by atoms with Gasteiger partial charge in [0.2, 0.25) is 11.8 Å². The van der Waals surface area contributed by atoms with Crippen molar-refractivity contribution in [3.8, 4) is 5.75 Å². The van der Waals surface area contributed by atoms with E-state index in [2.05, 4.69) is 15.1 Å². The van der Waals surface area contributed by atoms with Crippen LogP contribution in [-0.2, 0) is 16.1 Å². The number of rotatable bonds is 7. The second-order valence-corrected chi connectivity index (χ2v) is 6.82. The average molecular weight is 362 g/mol. The fourth-order valence-electron chi connectivity index (χ4n) is 2.88. The van der Waals surface area contributed by atoms with Crippen molar-refractivity contribution in [2.24, 2.45) is 0 Å². The topological polar surface area (TPSA) is 65.1 Å². The Kier molecular flexibility index (Phi) is 7.87. The van der Waals surface area contributed by atoms with Gasteiger partial charge in [-0.3, -0.25) is 19.4 Å². The van der Waals surface area contributed by atoms with Crippen LogP contribution in [0.25, 0.3) is 0 Å². The van der Waals surface area contributed by atoms with Gasteiger partial charge in [0.1, 0.15) is 5.75 Å². The first kappa shape index (κ1) is 20.2. The SMILES string of the molecule is COc1ccc(CNC(=O)CN2CCCN(CC(=O)N(C)C)CC2)cc1. The fourth-order valence-corrected chi connectivity index (χ4v) is 2.88. The molecule has 7 heteroatoms. The van der Waals surface area contributed by atoms with E-state index in [-0.39, 0.29) is 11.8 Å². The molecular weight excluding hydrogens is 332 g/mol. The van der Waals surface area contributed by atoms with Crippen molar-refractivity contribution in [3.05, 3.63) is 29.8 Å². The number of ether oxygens (including phenoxy) is 1. The Balaban J connectivity index is 1.72. The molecule has 2 amide bonds. The zero-order chi connectivity index (χ0) is 18.9. The molecule has 1 saturated heterocycles.